The number of fused-ring (bicyclic) bond motifs is 1. The van der Waals surface area contributed by atoms with Crippen LogP contribution in [0.5, 0.6) is 5.75 Å². The summed E-state index contributed by atoms with van der Waals surface area (Å²) >= 11 is 0. The predicted molar refractivity (Wildman–Crippen MR) is 96.3 cm³/mol. The number of esters is 1. The van der Waals surface area contributed by atoms with Gasteiger partial charge < -0.3 is 9.64 Å². The SMILES string of the molecule is CCCC[N+]1(CC(=O)Oc2cccc3ccccc23)C=CN(C)C1. The van der Waals surface area contributed by atoms with Crippen LogP contribution in [0.25, 0.3) is 10.8 Å². The molecule has 1 atom stereocenters. The third-order valence-electron chi connectivity index (χ3n) is 4.52. The summed E-state index contributed by atoms with van der Waals surface area (Å²) in [6.07, 6.45) is 6.40. The van der Waals surface area contributed by atoms with E-state index in [2.05, 4.69) is 24.2 Å². The molecule has 1 heterocycles. The molecule has 0 amide bonds. The van der Waals surface area contributed by atoms with Crippen LogP contribution in [0.3, 0.4) is 0 Å². The second-order valence-corrected chi connectivity index (χ2v) is 6.60. The lowest BCUT2D eigenvalue weighted by molar-refractivity contribution is -0.874. The topological polar surface area (TPSA) is 29.5 Å². The van der Waals surface area contributed by atoms with Crippen LogP contribution in [-0.2, 0) is 4.79 Å². The van der Waals surface area contributed by atoms with E-state index in [1.165, 1.54) is 0 Å². The Bertz CT molecular complexity index is 751. The van der Waals surface area contributed by atoms with Crippen LogP contribution >= 0.6 is 0 Å². The van der Waals surface area contributed by atoms with Gasteiger partial charge in [0.15, 0.2) is 13.2 Å². The monoisotopic (exact) mass is 325 g/mol. The van der Waals surface area contributed by atoms with Gasteiger partial charge in [-0.15, -0.1) is 0 Å². The van der Waals surface area contributed by atoms with E-state index in [4.69, 9.17) is 4.74 Å². The number of benzene rings is 2. The van der Waals surface area contributed by atoms with E-state index in [1.807, 2.05) is 49.5 Å². The average molecular weight is 325 g/mol. The van der Waals surface area contributed by atoms with Crippen molar-refractivity contribution in [3.63, 3.8) is 0 Å². The molecule has 2 aromatic rings. The molecule has 0 N–H and O–H groups in total. The molecule has 0 saturated heterocycles. The molecule has 0 aromatic heterocycles. The van der Waals surface area contributed by atoms with E-state index in [-0.39, 0.29) is 5.97 Å². The molecular weight excluding hydrogens is 300 g/mol. The minimum atomic E-state index is -0.178. The second-order valence-electron chi connectivity index (χ2n) is 6.60. The van der Waals surface area contributed by atoms with Crippen LogP contribution in [0.1, 0.15) is 19.8 Å². The third kappa shape index (κ3) is 3.60. The maximum absolute atomic E-state index is 12.6. The molecule has 0 radical (unpaired) electrons. The average Bonchev–Trinajstić information content (AvgIpc) is 2.94. The summed E-state index contributed by atoms with van der Waals surface area (Å²) in [7, 11) is 2.04. The number of nitrogens with zero attached hydrogens (tertiary/aromatic N) is 2. The highest BCUT2D eigenvalue weighted by Crippen LogP contribution is 2.26. The van der Waals surface area contributed by atoms with Gasteiger partial charge in [-0.05, 0) is 17.9 Å². The number of rotatable bonds is 6. The van der Waals surface area contributed by atoms with Gasteiger partial charge in [-0.25, -0.2) is 4.79 Å². The number of carbonyl (C=O) groups excluding carboxylic acids is 1. The van der Waals surface area contributed by atoms with Gasteiger partial charge in [0, 0.05) is 12.4 Å². The van der Waals surface area contributed by atoms with E-state index in [1.54, 1.807) is 0 Å². The fourth-order valence-electron chi connectivity index (χ4n) is 3.29. The summed E-state index contributed by atoms with van der Waals surface area (Å²) in [5.74, 6) is 0.464. The van der Waals surface area contributed by atoms with E-state index < -0.39 is 0 Å². The summed E-state index contributed by atoms with van der Waals surface area (Å²) in [5.41, 5.74) is 0. The predicted octanol–water partition coefficient (Wildman–Crippen LogP) is 3.74. The molecule has 0 aliphatic carbocycles. The van der Waals surface area contributed by atoms with Crippen LogP contribution in [0, 0.1) is 0 Å². The highest BCUT2D eigenvalue weighted by atomic mass is 16.5. The quantitative estimate of drug-likeness (QED) is 0.460. The maximum atomic E-state index is 12.6. The van der Waals surface area contributed by atoms with Gasteiger partial charge in [0.05, 0.1) is 12.7 Å². The Hall–Kier alpha value is -2.33. The fourth-order valence-corrected chi connectivity index (χ4v) is 3.29. The molecule has 4 nitrogen and oxygen atoms in total. The van der Waals surface area contributed by atoms with E-state index in [0.717, 1.165) is 36.8 Å². The molecule has 0 bridgehead atoms. The van der Waals surface area contributed by atoms with Crippen molar-refractivity contribution in [1.82, 2.24) is 4.90 Å². The van der Waals surface area contributed by atoms with Crippen LogP contribution in [-0.4, -0.2) is 42.2 Å². The molecule has 4 heteroatoms. The fraction of sp³-hybridized carbons (Fsp3) is 0.350. The minimum Gasteiger partial charge on any atom is -0.422 e. The lowest BCUT2D eigenvalue weighted by Gasteiger charge is -2.31. The molecule has 24 heavy (non-hydrogen) atoms. The van der Waals surface area contributed by atoms with Crippen LogP contribution in [0.4, 0.5) is 0 Å². The smallest absolute Gasteiger partial charge is 0.367 e. The molecule has 1 unspecified atom stereocenters. The first-order valence-corrected chi connectivity index (χ1v) is 8.56. The lowest BCUT2D eigenvalue weighted by atomic mass is 10.1. The highest BCUT2D eigenvalue weighted by molar-refractivity contribution is 5.90. The first-order chi connectivity index (χ1) is 11.6. The second kappa shape index (κ2) is 7.05. The minimum absolute atomic E-state index is 0.178. The number of carbonyl (C=O) groups is 1. The first-order valence-electron chi connectivity index (χ1n) is 8.56. The molecule has 0 fully saturated rings. The summed E-state index contributed by atoms with van der Waals surface area (Å²) < 4.78 is 6.37. The standard InChI is InChI=1S/C20H25N2O2/c1-3-4-13-22(14-12-21(2)16-22)15-20(23)24-19-11-7-9-17-8-5-6-10-18(17)19/h5-12,14H,3-4,13,15-16H2,1-2H3/q+1. The van der Waals surface area contributed by atoms with E-state index in [9.17, 15) is 4.79 Å². The summed E-state index contributed by atoms with van der Waals surface area (Å²) in [4.78, 5) is 14.7. The Labute approximate surface area is 143 Å². The zero-order valence-corrected chi connectivity index (χ0v) is 14.4. The molecule has 3 rings (SSSR count). The number of quaternary nitrogens is 1. The van der Waals surface area contributed by atoms with Gasteiger partial charge >= 0.3 is 5.97 Å². The van der Waals surface area contributed by atoms with Crippen molar-refractivity contribution in [2.24, 2.45) is 0 Å². The first kappa shape index (κ1) is 16.5. The van der Waals surface area contributed by atoms with Crippen molar-refractivity contribution in [3.8, 4) is 5.75 Å². The van der Waals surface area contributed by atoms with Gasteiger partial charge in [0.1, 0.15) is 11.9 Å². The Balaban J connectivity index is 1.75. The van der Waals surface area contributed by atoms with Gasteiger partial charge in [0.2, 0.25) is 0 Å². The molecule has 126 valence electrons. The third-order valence-corrected chi connectivity index (χ3v) is 4.52. The zero-order chi connectivity index (χ0) is 17.0. The van der Waals surface area contributed by atoms with E-state index >= 15 is 0 Å². The normalized spacial score (nSPS) is 19.8. The molecule has 1 aliphatic heterocycles. The van der Waals surface area contributed by atoms with Crippen molar-refractivity contribution in [3.05, 3.63) is 54.9 Å². The number of hydrogen-bond acceptors (Lipinski definition) is 3. The zero-order valence-electron chi connectivity index (χ0n) is 14.4. The molecule has 1 aliphatic rings. The van der Waals surface area contributed by atoms with Crippen molar-refractivity contribution in [2.75, 3.05) is 26.8 Å². The van der Waals surface area contributed by atoms with Crippen molar-refractivity contribution < 1.29 is 14.0 Å². The van der Waals surface area contributed by atoms with E-state index in [0.29, 0.717) is 16.8 Å². The lowest BCUT2D eigenvalue weighted by Crippen LogP contribution is -2.49. The Morgan fingerprint density at radius 3 is 2.75 bits per heavy atom. The Morgan fingerprint density at radius 1 is 1.21 bits per heavy atom. The summed E-state index contributed by atoms with van der Waals surface area (Å²) in [6, 6.07) is 13.8. The summed E-state index contributed by atoms with van der Waals surface area (Å²) in [5, 5.41) is 2.06. The maximum Gasteiger partial charge on any atom is 0.367 e. The molecule has 0 saturated carbocycles. The van der Waals surface area contributed by atoms with Gasteiger partial charge in [-0.1, -0.05) is 49.7 Å². The van der Waals surface area contributed by atoms with Crippen molar-refractivity contribution in [2.45, 2.75) is 19.8 Å². The summed E-state index contributed by atoms with van der Waals surface area (Å²) in [6.45, 7) is 4.32. The molecule has 0 spiro atoms. The van der Waals surface area contributed by atoms with Crippen molar-refractivity contribution in [1.29, 1.82) is 0 Å². The highest BCUT2D eigenvalue weighted by Gasteiger charge is 2.33. The number of unbranched alkanes of at least 4 members (excludes halogenated alkanes) is 1. The van der Waals surface area contributed by atoms with Gasteiger partial charge in [-0.3, -0.25) is 4.48 Å². The molecule has 2 aromatic carbocycles. The number of hydrogen-bond donors (Lipinski definition) is 0. The largest absolute Gasteiger partial charge is 0.422 e. The van der Waals surface area contributed by atoms with Crippen LogP contribution < -0.4 is 4.74 Å². The Morgan fingerprint density at radius 2 is 2.00 bits per heavy atom. The van der Waals surface area contributed by atoms with Gasteiger partial charge in [0.25, 0.3) is 0 Å². The van der Waals surface area contributed by atoms with Crippen LogP contribution in [0.2, 0.25) is 0 Å². The van der Waals surface area contributed by atoms with Crippen LogP contribution in [0.15, 0.2) is 54.9 Å². The Kier molecular flexibility index (Phi) is 4.86. The number of ether oxygens (including phenoxy) is 1. The van der Waals surface area contributed by atoms with Crippen molar-refractivity contribution >= 4 is 16.7 Å². The molecular formula is C20H25N2O2+. The van der Waals surface area contributed by atoms with Gasteiger partial charge in [-0.2, -0.15) is 0 Å².